The summed E-state index contributed by atoms with van der Waals surface area (Å²) < 4.78 is 4.91. The molecule has 0 aliphatic rings. The van der Waals surface area contributed by atoms with Gasteiger partial charge in [-0.3, -0.25) is 9.89 Å². The van der Waals surface area contributed by atoms with Crippen molar-refractivity contribution in [3.63, 3.8) is 0 Å². The Labute approximate surface area is 105 Å². The molecule has 2 aromatic rings. The van der Waals surface area contributed by atoms with E-state index in [1.165, 1.54) is 0 Å². The predicted octanol–water partition coefficient (Wildman–Crippen LogP) is 1.64. The summed E-state index contributed by atoms with van der Waals surface area (Å²) in [6, 6.07) is 1.79. The molecule has 0 aliphatic heterocycles. The topological polar surface area (TPSA) is 96.9 Å². The van der Waals surface area contributed by atoms with E-state index in [9.17, 15) is 4.79 Å². The molecule has 0 fully saturated rings. The van der Waals surface area contributed by atoms with Crippen LogP contribution in [0.15, 0.2) is 23.0 Å². The largest absolute Gasteiger partial charge is 0.472 e. The normalized spacial score (nSPS) is 10.8. The van der Waals surface area contributed by atoms with Crippen molar-refractivity contribution in [1.29, 1.82) is 0 Å². The number of hydrogen-bond donors (Lipinski definition) is 3. The third-order valence-electron chi connectivity index (χ3n) is 2.66. The second kappa shape index (κ2) is 4.95. The number of nitrogens with zero attached hydrogens (tertiary/aromatic N) is 1. The highest BCUT2D eigenvalue weighted by Gasteiger charge is 2.18. The van der Waals surface area contributed by atoms with E-state index in [2.05, 4.69) is 15.5 Å². The van der Waals surface area contributed by atoms with Crippen LogP contribution >= 0.6 is 0 Å². The molecule has 18 heavy (non-hydrogen) atoms. The molecule has 6 heteroatoms. The lowest BCUT2D eigenvalue weighted by Crippen LogP contribution is -2.23. The molecule has 0 saturated heterocycles. The number of aromatic nitrogens is 2. The van der Waals surface area contributed by atoms with Crippen molar-refractivity contribution >= 4 is 11.6 Å². The van der Waals surface area contributed by atoms with Crippen molar-refractivity contribution in [2.75, 3.05) is 5.73 Å². The first kappa shape index (κ1) is 12.2. The van der Waals surface area contributed by atoms with Gasteiger partial charge in [-0.2, -0.15) is 5.10 Å². The minimum atomic E-state index is -0.295. The predicted molar refractivity (Wildman–Crippen MR) is 67.0 cm³/mol. The Balaban J connectivity index is 2.05. The number of anilines is 1. The average molecular weight is 248 g/mol. The van der Waals surface area contributed by atoms with Gasteiger partial charge in [0.25, 0.3) is 5.91 Å². The summed E-state index contributed by atoms with van der Waals surface area (Å²) in [5, 5.41) is 9.48. The van der Waals surface area contributed by atoms with Crippen LogP contribution in [0.25, 0.3) is 0 Å². The third kappa shape index (κ3) is 2.37. The maximum Gasteiger partial charge on any atom is 0.274 e. The van der Waals surface area contributed by atoms with E-state index in [1.54, 1.807) is 18.6 Å². The van der Waals surface area contributed by atoms with Crippen LogP contribution in [0.2, 0.25) is 0 Å². The number of nitrogens with two attached hydrogens (primary N) is 1. The summed E-state index contributed by atoms with van der Waals surface area (Å²) in [6.45, 7) is 4.35. The Morgan fingerprint density at radius 3 is 2.94 bits per heavy atom. The fourth-order valence-corrected chi connectivity index (χ4v) is 1.64. The summed E-state index contributed by atoms with van der Waals surface area (Å²) >= 11 is 0. The number of nitrogen functional groups attached to an aromatic ring is 1. The molecule has 0 atom stereocenters. The number of nitrogens with one attached hydrogen (secondary N) is 2. The first-order valence-corrected chi connectivity index (χ1v) is 5.72. The first-order valence-electron chi connectivity index (χ1n) is 5.72. The van der Waals surface area contributed by atoms with Crippen LogP contribution < -0.4 is 11.1 Å². The second-order valence-electron chi connectivity index (χ2n) is 4.37. The molecule has 1 amide bonds. The van der Waals surface area contributed by atoms with E-state index in [1.807, 2.05) is 13.8 Å². The van der Waals surface area contributed by atoms with Crippen LogP contribution in [0.3, 0.4) is 0 Å². The molecule has 96 valence electrons. The zero-order chi connectivity index (χ0) is 13.1. The molecule has 0 unspecified atom stereocenters. The summed E-state index contributed by atoms with van der Waals surface area (Å²) in [7, 11) is 0. The van der Waals surface area contributed by atoms with Gasteiger partial charge in [-0.1, -0.05) is 13.8 Å². The summed E-state index contributed by atoms with van der Waals surface area (Å²) in [5.41, 5.74) is 8.20. The average Bonchev–Trinajstić information content (AvgIpc) is 2.94. The van der Waals surface area contributed by atoms with E-state index in [-0.39, 0.29) is 17.5 Å². The van der Waals surface area contributed by atoms with E-state index < -0.39 is 0 Å². The van der Waals surface area contributed by atoms with Crippen molar-refractivity contribution in [1.82, 2.24) is 15.5 Å². The maximum atomic E-state index is 11.9. The van der Waals surface area contributed by atoms with Gasteiger partial charge in [-0.15, -0.1) is 0 Å². The van der Waals surface area contributed by atoms with Crippen LogP contribution in [-0.2, 0) is 6.54 Å². The number of carbonyl (C=O) groups excluding carboxylic acids is 1. The van der Waals surface area contributed by atoms with Crippen molar-refractivity contribution < 1.29 is 9.21 Å². The van der Waals surface area contributed by atoms with Gasteiger partial charge in [0.15, 0.2) is 5.69 Å². The minimum Gasteiger partial charge on any atom is -0.472 e. The maximum absolute atomic E-state index is 11.9. The molecule has 0 spiro atoms. The molecular weight excluding hydrogens is 232 g/mol. The summed E-state index contributed by atoms with van der Waals surface area (Å²) in [4.78, 5) is 11.9. The van der Waals surface area contributed by atoms with Gasteiger partial charge >= 0.3 is 0 Å². The van der Waals surface area contributed by atoms with Gasteiger partial charge in [0.2, 0.25) is 0 Å². The molecule has 4 N–H and O–H groups in total. The molecule has 0 aromatic carbocycles. The van der Waals surface area contributed by atoms with Crippen molar-refractivity contribution in [3.05, 3.63) is 35.5 Å². The Morgan fingerprint density at radius 1 is 1.61 bits per heavy atom. The zero-order valence-electron chi connectivity index (χ0n) is 10.4. The minimum absolute atomic E-state index is 0.202. The number of aromatic amines is 1. The van der Waals surface area contributed by atoms with Gasteiger partial charge in [-0.05, 0) is 12.0 Å². The second-order valence-corrected chi connectivity index (χ2v) is 4.37. The smallest absolute Gasteiger partial charge is 0.274 e. The lowest BCUT2D eigenvalue weighted by Gasteiger charge is -2.03. The Kier molecular flexibility index (Phi) is 3.36. The van der Waals surface area contributed by atoms with Crippen molar-refractivity contribution in [2.45, 2.75) is 26.3 Å². The van der Waals surface area contributed by atoms with Gasteiger partial charge in [0.1, 0.15) is 0 Å². The van der Waals surface area contributed by atoms with Crippen LogP contribution in [0.5, 0.6) is 0 Å². The van der Waals surface area contributed by atoms with E-state index >= 15 is 0 Å². The molecule has 0 saturated carbocycles. The molecule has 6 nitrogen and oxygen atoms in total. The highest BCUT2D eigenvalue weighted by Crippen LogP contribution is 2.21. The van der Waals surface area contributed by atoms with Crippen LogP contribution in [0.4, 0.5) is 5.69 Å². The van der Waals surface area contributed by atoms with Crippen molar-refractivity contribution in [2.24, 2.45) is 0 Å². The lowest BCUT2D eigenvalue weighted by atomic mass is 10.1. The molecule has 2 heterocycles. The Morgan fingerprint density at radius 2 is 2.39 bits per heavy atom. The molecule has 2 aromatic heterocycles. The number of hydrogen-bond acceptors (Lipinski definition) is 4. The standard InChI is InChI=1S/C12H16N4O2/c1-7(2)10-9(13)11(16-15-10)12(17)14-5-8-3-4-18-6-8/h3-4,6-7H,5,13H2,1-2H3,(H,14,17)(H,15,16). The monoisotopic (exact) mass is 248 g/mol. The summed E-state index contributed by atoms with van der Waals surface area (Å²) in [6.07, 6.45) is 3.13. The molecular formula is C12H16N4O2. The van der Waals surface area contributed by atoms with Crippen LogP contribution in [0, 0.1) is 0 Å². The zero-order valence-corrected chi connectivity index (χ0v) is 10.4. The van der Waals surface area contributed by atoms with Gasteiger partial charge in [0.05, 0.1) is 23.9 Å². The van der Waals surface area contributed by atoms with Crippen molar-refractivity contribution in [3.8, 4) is 0 Å². The molecule has 0 bridgehead atoms. The lowest BCUT2D eigenvalue weighted by molar-refractivity contribution is 0.0946. The Bertz CT molecular complexity index is 528. The molecule has 0 aliphatic carbocycles. The number of furan rings is 1. The fourth-order valence-electron chi connectivity index (χ4n) is 1.64. The third-order valence-corrected chi connectivity index (χ3v) is 2.66. The van der Waals surface area contributed by atoms with E-state index in [4.69, 9.17) is 10.2 Å². The van der Waals surface area contributed by atoms with E-state index in [0.717, 1.165) is 11.3 Å². The van der Waals surface area contributed by atoms with Crippen LogP contribution in [0.1, 0.15) is 41.5 Å². The quantitative estimate of drug-likeness (QED) is 0.766. The van der Waals surface area contributed by atoms with Crippen LogP contribution in [-0.4, -0.2) is 16.1 Å². The number of H-pyrrole nitrogens is 1. The van der Waals surface area contributed by atoms with Gasteiger partial charge in [0, 0.05) is 12.1 Å². The first-order chi connectivity index (χ1) is 8.59. The molecule has 2 rings (SSSR count). The number of rotatable bonds is 4. The SMILES string of the molecule is CC(C)c1[nH]nc(C(=O)NCc2ccoc2)c1N. The Hall–Kier alpha value is -2.24. The number of amides is 1. The number of carbonyl (C=O) groups is 1. The van der Waals surface area contributed by atoms with Gasteiger partial charge < -0.3 is 15.5 Å². The highest BCUT2D eigenvalue weighted by atomic mass is 16.3. The summed E-state index contributed by atoms with van der Waals surface area (Å²) in [5.74, 6) is -0.0928. The van der Waals surface area contributed by atoms with E-state index in [0.29, 0.717) is 12.2 Å². The highest BCUT2D eigenvalue weighted by molar-refractivity contribution is 5.97. The molecule has 0 radical (unpaired) electrons. The van der Waals surface area contributed by atoms with Gasteiger partial charge in [-0.25, -0.2) is 0 Å². The fraction of sp³-hybridized carbons (Fsp3) is 0.333.